The zero-order valence-electron chi connectivity index (χ0n) is 17.1. The number of rotatable bonds is 7. The molecule has 2 N–H and O–H groups in total. The number of carbonyl (C=O) groups excluding carboxylic acids is 1. The Labute approximate surface area is 179 Å². The molecule has 0 fully saturated rings. The number of hydrogen-bond donors (Lipinski definition) is 2. The summed E-state index contributed by atoms with van der Waals surface area (Å²) < 4.78 is 10.6. The molecule has 0 bridgehead atoms. The monoisotopic (exact) mass is 417 g/mol. The summed E-state index contributed by atoms with van der Waals surface area (Å²) >= 11 is 0. The van der Waals surface area contributed by atoms with Crippen LogP contribution in [0.2, 0.25) is 0 Å². The third kappa shape index (κ3) is 4.95. The van der Waals surface area contributed by atoms with Gasteiger partial charge in [-0.1, -0.05) is 30.3 Å². The van der Waals surface area contributed by atoms with E-state index in [0.29, 0.717) is 29.1 Å². The largest absolute Gasteiger partial charge is 0.497 e. The summed E-state index contributed by atoms with van der Waals surface area (Å²) in [5.74, 6) is 1.30. The molecule has 2 amide bonds. The number of urea groups is 1. The van der Waals surface area contributed by atoms with E-state index in [1.54, 1.807) is 42.5 Å². The van der Waals surface area contributed by atoms with Crippen molar-refractivity contribution in [2.45, 2.75) is 19.6 Å². The fourth-order valence-corrected chi connectivity index (χ4v) is 3.35. The van der Waals surface area contributed by atoms with Crippen LogP contribution in [0.15, 0.2) is 82.2 Å². The quantitative estimate of drug-likeness (QED) is 0.475. The van der Waals surface area contributed by atoms with Gasteiger partial charge in [-0.15, -0.1) is 0 Å². The number of methoxy groups -OCH3 is 1. The Morgan fingerprint density at radius 2 is 1.90 bits per heavy atom. The number of furan rings is 1. The van der Waals surface area contributed by atoms with E-state index in [0.717, 1.165) is 10.9 Å². The molecule has 7 heteroatoms. The Kier molecular flexibility index (Phi) is 6.03. The Balaban J connectivity index is 1.57. The van der Waals surface area contributed by atoms with Gasteiger partial charge in [0, 0.05) is 18.2 Å². The molecule has 0 aliphatic rings. The van der Waals surface area contributed by atoms with Crippen LogP contribution in [0.5, 0.6) is 5.75 Å². The van der Waals surface area contributed by atoms with Gasteiger partial charge in [0.25, 0.3) is 5.56 Å². The summed E-state index contributed by atoms with van der Waals surface area (Å²) in [5, 5.41) is 3.78. The van der Waals surface area contributed by atoms with Crippen molar-refractivity contribution in [3.05, 3.63) is 100 Å². The standard InChI is InChI=1S/C24H23N3O4/c1-30-20-10-9-18-12-19(23(28)26-22(18)13-20)15-27(16-21-8-5-11-31-21)24(29)25-14-17-6-3-2-4-7-17/h2-13H,14-16H2,1H3,(H,25,29)(H,26,28). The summed E-state index contributed by atoms with van der Waals surface area (Å²) in [7, 11) is 1.58. The van der Waals surface area contributed by atoms with E-state index in [2.05, 4.69) is 10.3 Å². The van der Waals surface area contributed by atoms with E-state index < -0.39 is 0 Å². The average Bonchev–Trinajstić information content (AvgIpc) is 3.31. The molecule has 4 aromatic rings. The van der Waals surface area contributed by atoms with E-state index in [9.17, 15) is 9.59 Å². The highest BCUT2D eigenvalue weighted by Gasteiger charge is 2.18. The predicted molar refractivity (Wildman–Crippen MR) is 118 cm³/mol. The number of H-pyrrole nitrogens is 1. The lowest BCUT2D eigenvalue weighted by molar-refractivity contribution is 0.186. The van der Waals surface area contributed by atoms with Crippen LogP contribution >= 0.6 is 0 Å². The third-order valence-corrected chi connectivity index (χ3v) is 4.99. The maximum atomic E-state index is 12.9. The van der Waals surface area contributed by atoms with Crippen LogP contribution in [-0.4, -0.2) is 23.0 Å². The van der Waals surface area contributed by atoms with Crippen LogP contribution in [0.1, 0.15) is 16.9 Å². The minimum Gasteiger partial charge on any atom is -0.497 e. The topological polar surface area (TPSA) is 87.6 Å². The summed E-state index contributed by atoms with van der Waals surface area (Å²) in [4.78, 5) is 30.1. The van der Waals surface area contributed by atoms with Crippen LogP contribution in [0, 0.1) is 0 Å². The number of aromatic nitrogens is 1. The van der Waals surface area contributed by atoms with Crippen molar-refractivity contribution in [3.63, 3.8) is 0 Å². The second-order valence-electron chi connectivity index (χ2n) is 7.16. The van der Waals surface area contributed by atoms with E-state index in [1.807, 2.05) is 42.5 Å². The van der Waals surface area contributed by atoms with Gasteiger partial charge in [0.1, 0.15) is 11.5 Å². The Bertz CT molecular complexity index is 1220. The Morgan fingerprint density at radius 1 is 1.06 bits per heavy atom. The zero-order chi connectivity index (χ0) is 21.6. The zero-order valence-corrected chi connectivity index (χ0v) is 17.1. The van der Waals surface area contributed by atoms with Crippen molar-refractivity contribution in [3.8, 4) is 5.75 Å². The molecule has 0 aliphatic carbocycles. The van der Waals surface area contributed by atoms with E-state index >= 15 is 0 Å². The number of carbonyl (C=O) groups is 1. The first-order valence-corrected chi connectivity index (χ1v) is 9.91. The fraction of sp³-hybridized carbons (Fsp3) is 0.167. The summed E-state index contributed by atoms with van der Waals surface area (Å²) in [6, 6.07) is 20.2. The highest BCUT2D eigenvalue weighted by Crippen LogP contribution is 2.19. The normalized spacial score (nSPS) is 10.7. The number of aromatic amines is 1. The lowest BCUT2D eigenvalue weighted by Gasteiger charge is -2.22. The molecule has 2 heterocycles. The van der Waals surface area contributed by atoms with Crippen molar-refractivity contribution >= 4 is 16.9 Å². The lowest BCUT2D eigenvalue weighted by atomic mass is 10.1. The summed E-state index contributed by atoms with van der Waals surface area (Å²) in [5.41, 5.74) is 1.91. The minimum absolute atomic E-state index is 0.138. The second kappa shape index (κ2) is 9.21. The predicted octanol–water partition coefficient (Wildman–Crippen LogP) is 4.04. The third-order valence-electron chi connectivity index (χ3n) is 4.99. The number of ether oxygens (including phenoxy) is 1. The van der Waals surface area contributed by atoms with Crippen molar-refractivity contribution in [2.75, 3.05) is 7.11 Å². The molecule has 0 saturated heterocycles. The summed E-state index contributed by atoms with van der Waals surface area (Å²) in [6.07, 6.45) is 1.56. The lowest BCUT2D eigenvalue weighted by Crippen LogP contribution is -2.39. The van der Waals surface area contributed by atoms with Crippen molar-refractivity contribution in [2.24, 2.45) is 0 Å². The number of pyridine rings is 1. The maximum Gasteiger partial charge on any atom is 0.318 e. The molecule has 0 unspecified atom stereocenters. The SMILES string of the molecule is COc1ccc2cc(CN(Cc3ccco3)C(=O)NCc3ccccc3)c(=O)[nH]c2c1. The highest BCUT2D eigenvalue weighted by atomic mass is 16.5. The van der Waals surface area contributed by atoms with Crippen LogP contribution in [-0.2, 0) is 19.6 Å². The van der Waals surface area contributed by atoms with E-state index in [-0.39, 0.29) is 24.7 Å². The average molecular weight is 417 g/mol. The minimum atomic E-state index is -0.283. The maximum absolute atomic E-state index is 12.9. The van der Waals surface area contributed by atoms with Crippen molar-refractivity contribution in [1.29, 1.82) is 0 Å². The molecule has 0 spiro atoms. The van der Waals surface area contributed by atoms with Gasteiger partial charge in [-0.25, -0.2) is 4.79 Å². The first kappa shape index (κ1) is 20.3. The van der Waals surface area contributed by atoms with Crippen LogP contribution in [0.4, 0.5) is 4.79 Å². The number of nitrogens with zero attached hydrogens (tertiary/aromatic N) is 1. The van der Waals surface area contributed by atoms with Gasteiger partial charge in [-0.05, 0) is 41.3 Å². The molecule has 2 aromatic carbocycles. The number of amides is 2. The molecular formula is C24H23N3O4. The first-order valence-electron chi connectivity index (χ1n) is 9.91. The van der Waals surface area contributed by atoms with Gasteiger partial charge in [0.05, 0.1) is 32.0 Å². The van der Waals surface area contributed by atoms with Gasteiger partial charge in [0.15, 0.2) is 0 Å². The molecule has 31 heavy (non-hydrogen) atoms. The number of nitrogens with one attached hydrogen (secondary N) is 2. The Morgan fingerprint density at radius 3 is 2.65 bits per heavy atom. The number of benzene rings is 2. The van der Waals surface area contributed by atoms with Crippen molar-refractivity contribution in [1.82, 2.24) is 15.2 Å². The Hall–Kier alpha value is -4.00. The van der Waals surface area contributed by atoms with Crippen molar-refractivity contribution < 1.29 is 13.9 Å². The van der Waals surface area contributed by atoms with E-state index in [1.165, 1.54) is 0 Å². The van der Waals surface area contributed by atoms with Gasteiger partial charge < -0.3 is 24.4 Å². The fourth-order valence-electron chi connectivity index (χ4n) is 3.35. The molecule has 158 valence electrons. The smallest absolute Gasteiger partial charge is 0.318 e. The second-order valence-corrected chi connectivity index (χ2v) is 7.16. The molecular weight excluding hydrogens is 394 g/mol. The molecule has 0 saturated carbocycles. The molecule has 2 aromatic heterocycles. The number of fused-ring (bicyclic) bond motifs is 1. The van der Waals surface area contributed by atoms with Crippen LogP contribution in [0.25, 0.3) is 10.9 Å². The first-order chi connectivity index (χ1) is 15.1. The van der Waals surface area contributed by atoms with Gasteiger partial charge >= 0.3 is 6.03 Å². The molecule has 0 radical (unpaired) electrons. The molecule has 0 aliphatic heterocycles. The van der Waals surface area contributed by atoms with Gasteiger partial charge in [-0.2, -0.15) is 0 Å². The molecule has 7 nitrogen and oxygen atoms in total. The molecule has 4 rings (SSSR count). The van der Waals surface area contributed by atoms with Gasteiger partial charge in [-0.3, -0.25) is 4.79 Å². The van der Waals surface area contributed by atoms with Crippen LogP contribution in [0.3, 0.4) is 0 Å². The summed E-state index contributed by atoms with van der Waals surface area (Å²) in [6.45, 7) is 0.772. The van der Waals surface area contributed by atoms with E-state index in [4.69, 9.17) is 9.15 Å². The number of hydrogen-bond acceptors (Lipinski definition) is 4. The highest BCUT2D eigenvalue weighted by molar-refractivity contribution is 5.80. The van der Waals surface area contributed by atoms with Gasteiger partial charge in [0.2, 0.25) is 0 Å². The molecule has 0 atom stereocenters. The van der Waals surface area contributed by atoms with Crippen LogP contribution < -0.4 is 15.6 Å².